The van der Waals surface area contributed by atoms with E-state index in [0.29, 0.717) is 29.6 Å². The zero-order valence-electron chi connectivity index (χ0n) is 15.6. The summed E-state index contributed by atoms with van der Waals surface area (Å²) < 4.78 is 11.5. The summed E-state index contributed by atoms with van der Waals surface area (Å²) in [6.45, 7) is 1.27. The lowest BCUT2D eigenvalue weighted by Crippen LogP contribution is -2.42. The second kappa shape index (κ2) is 8.07. The summed E-state index contributed by atoms with van der Waals surface area (Å²) in [7, 11) is 1.61. The lowest BCUT2D eigenvalue weighted by Gasteiger charge is -2.32. The van der Waals surface area contributed by atoms with E-state index in [0.717, 1.165) is 29.5 Å². The molecule has 1 fully saturated rings. The predicted octanol–water partition coefficient (Wildman–Crippen LogP) is 4.58. The van der Waals surface area contributed by atoms with Gasteiger partial charge in [-0.2, -0.15) is 0 Å². The monoisotopic (exact) mass is 396 g/mol. The van der Waals surface area contributed by atoms with E-state index in [-0.39, 0.29) is 12.0 Å². The first-order valence-electron chi connectivity index (χ1n) is 9.29. The van der Waals surface area contributed by atoms with E-state index in [1.807, 2.05) is 53.4 Å². The number of piperidine rings is 1. The largest absolute Gasteiger partial charge is 0.496 e. The fourth-order valence-corrected chi connectivity index (χ4v) is 3.59. The topological polar surface area (TPSA) is 51.7 Å². The Hall–Kier alpha value is -2.79. The van der Waals surface area contributed by atoms with Crippen LogP contribution in [0.25, 0.3) is 10.9 Å². The highest BCUT2D eigenvalue weighted by molar-refractivity contribution is 6.30. The maximum atomic E-state index is 13.0. The molecule has 0 unspecified atom stereocenters. The van der Waals surface area contributed by atoms with Crippen molar-refractivity contribution in [1.29, 1.82) is 0 Å². The van der Waals surface area contributed by atoms with E-state index >= 15 is 0 Å². The first-order valence-corrected chi connectivity index (χ1v) is 9.67. The first kappa shape index (κ1) is 18.6. The third-order valence-electron chi connectivity index (χ3n) is 4.96. The van der Waals surface area contributed by atoms with Crippen molar-refractivity contribution in [1.82, 2.24) is 9.88 Å². The van der Waals surface area contributed by atoms with E-state index in [4.69, 9.17) is 21.1 Å². The number of nitrogens with zero attached hydrogens (tertiary/aromatic N) is 2. The second-order valence-corrected chi connectivity index (χ2v) is 7.23. The van der Waals surface area contributed by atoms with Gasteiger partial charge in [-0.05, 0) is 36.4 Å². The van der Waals surface area contributed by atoms with Gasteiger partial charge in [-0.3, -0.25) is 4.79 Å². The Morgan fingerprint density at radius 2 is 1.82 bits per heavy atom. The summed E-state index contributed by atoms with van der Waals surface area (Å²) >= 11 is 5.91. The summed E-state index contributed by atoms with van der Waals surface area (Å²) in [5.74, 6) is 1.39. The molecule has 1 saturated heterocycles. The van der Waals surface area contributed by atoms with Crippen molar-refractivity contribution in [3.05, 3.63) is 65.3 Å². The maximum Gasteiger partial charge on any atom is 0.272 e. The molecule has 1 aliphatic heterocycles. The van der Waals surface area contributed by atoms with Crippen LogP contribution in [0.4, 0.5) is 0 Å². The average molecular weight is 397 g/mol. The molecule has 28 heavy (non-hydrogen) atoms. The minimum Gasteiger partial charge on any atom is -0.496 e. The highest BCUT2D eigenvalue weighted by Gasteiger charge is 2.26. The van der Waals surface area contributed by atoms with E-state index in [9.17, 15) is 4.79 Å². The highest BCUT2D eigenvalue weighted by Crippen LogP contribution is 2.27. The number of ether oxygens (including phenoxy) is 2. The molecule has 5 nitrogen and oxygen atoms in total. The van der Waals surface area contributed by atoms with E-state index in [2.05, 4.69) is 4.98 Å². The number of methoxy groups -OCH3 is 1. The van der Waals surface area contributed by atoms with Gasteiger partial charge in [-0.1, -0.05) is 23.7 Å². The Balaban J connectivity index is 1.44. The molecule has 144 valence electrons. The Morgan fingerprint density at radius 1 is 1.11 bits per heavy atom. The number of rotatable bonds is 4. The van der Waals surface area contributed by atoms with Gasteiger partial charge >= 0.3 is 0 Å². The molecule has 0 bridgehead atoms. The van der Waals surface area contributed by atoms with Gasteiger partial charge in [-0.15, -0.1) is 0 Å². The number of aromatic nitrogens is 1. The molecule has 1 aromatic heterocycles. The molecule has 0 atom stereocenters. The van der Waals surface area contributed by atoms with E-state index < -0.39 is 0 Å². The number of halogens is 1. The number of hydrogen-bond donors (Lipinski definition) is 0. The molecule has 0 N–H and O–H groups in total. The molecule has 6 heteroatoms. The predicted molar refractivity (Wildman–Crippen MR) is 109 cm³/mol. The molecular weight excluding hydrogens is 376 g/mol. The molecule has 1 aliphatic rings. The molecule has 0 radical (unpaired) electrons. The number of benzene rings is 2. The molecule has 2 heterocycles. The Bertz CT molecular complexity index is 983. The van der Waals surface area contributed by atoms with Crippen LogP contribution >= 0.6 is 11.6 Å². The standard InChI is InChI=1S/C22H21ClN2O3/c1-27-21-14-20(24-19-5-3-2-4-18(19)21)22(26)25-12-10-17(11-13-25)28-16-8-6-15(23)7-9-16/h2-9,14,17H,10-13H2,1H3. The third-order valence-corrected chi connectivity index (χ3v) is 5.21. The number of likely N-dealkylation sites (tertiary alicyclic amines) is 1. The van der Waals surface area contributed by atoms with E-state index in [1.165, 1.54) is 0 Å². The van der Waals surface area contributed by atoms with Gasteiger partial charge in [0, 0.05) is 42.4 Å². The summed E-state index contributed by atoms with van der Waals surface area (Å²) in [5, 5.41) is 1.59. The minimum atomic E-state index is -0.0750. The number of carbonyl (C=O) groups excluding carboxylic acids is 1. The fourth-order valence-electron chi connectivity index (χ4n) is 3.47. The van der Waals surface area contributed by atoms with Crippen molar-refractivity contribution >= 4 is 28.4 Å². The minimum absolute atomic E-state index is 0.0750. The van der Waals surface area contributed by atoms with Crippen LogP contribution < -0.4 is 9.47 Å². The number of amides is 1. The smallest absolute Gasteiger partial charge is 0.272 e. The summed E-state index contributed by atoms with van der Waals surface area (Å²) in [5.41, 5.74) is 1.17. The Morgan fingerprint density at radius 3 is 2.54 bits per heavy atom. The summed E-state index contributed by atoms with van der Waals surface area (Å²) in [6.07, 6.45) is 1.64. The second-order valence-electron chi connectivity index (χ2n) is 6.79. The van der Waals surface area contributed by atoms with Crippen LogP contribution in [0.2, 0.25) is 5.02 Å². The first-order chi connectivity index (χ1) is 13.6. The SMILES string of the molecule is COc1cc(C(=O)N2CCC(Oc3ccc(Cl)cc3)CC2)nc2ccccc12. The van der Waals surface area contributed by atoms with Gasteiger partial charge in [0.05, 0.1) is 12.6 Å². The molecule has 0 aliphatic carbocycles. The van der Waals surface area contributed by atoms with Gasteiger partial charge in [-0.25, -0.2) is 4.98 Å². The van der Waals surface area contributed by atoms with Gasteiger partial charge in [0.25, 0.3) is 5.91 Å². The van der Waals surface area contributed by atoms with Crippen molar-refractivity contribution < 1.29 is 14.3 Å². The third kappa shape index (κ3) is 3.90. The lowest BCUT2D eigenvalue weighted by molar-refractivity contribution is 0.0590. The molecular formula is C22H21ClN2O3. The van der Waals surface area contributed by atoms with Crippen molar-refractivity contribution in [2.45, 2.75) is 18.9 Å². The molecule has 4 rings (SSSR count). The van der Waals surface area contributed by atoms with Crippen LogP contribution in [0.5, 0.6) is 11.5 Å². The lowest BCUT2D eigenvalue weighted by atomic mass is 10.1. The van der Waals surface area contributed by atoms with Crippen LogP contribution in [-0.4, -0.2) is 42.1 Å². The zero-order valence-corrected chi connectivity index (χ0v) is 16.4. The van der Waals surface area contributed by atoms with Crippen molar-refractivity contribution in [3.63, 3.8) is 0 Å². The summed E-state index contributed by atoms with van der Waals surface area (Å²) in [4.78, 5) is 19.3. The molecule has 0 spiro atoms. The number of fused-ring (bicyclic) bond motifs is 1. The number of pyridine rings is 1. The van der Waals surface area contributed by atoms with Crippen molar-refractivity contribution in [2.24, 2.45) is 0 Å². The fraction of sp³-hybridized carbons (Fsp3) is 0.273. The molecule has 1 amide bonds. The Kier molecular flexibility index (Phi) is 5.35. The number of hydrogen-bond acceptors (Lipinski definition) is 4. The average Bonchev–Trinajstić information content (AvgIpc) is 2.74. The molecule has 3 aromatic rings. The van der Waals surface area contributed by atoms with E-state index in [1.54, 1.807) is 13.2 Å². The van der Waals surface area contributed by atoms with Gasteiger partial charge in [0.2, 0.25) is 0 Å². The van der Waals surface area contributed by atoms with Gasteiger partial charge in [0.1, 0.15) is 23.3 Å². The van der Waals surface area contributed by atoms with Crippen molar-refractivity contribution in [3.8, 4) is 11.5 Å². The van der Waals surface area contributed by atoms with Gasteiger partial charge in [0.15, 0.2) is 0 Å². The number of para-hydroxylation sites is 1. The molecule has 2 aromatic carbocycles. The zero-order chi connectivity index (χ0) is 19.5. The van der Waals surface area contributed by atoms with Crippen LogP contribution in [-0.2, 0) is 0 Å². The Labute approximate surface area is 168 Å². The van der Waals surface area contributed by atoms with Crippen molar-refractivity contribution in [2.75, 3.05) is 20.2 Å². The van der Waals surface area contributed by atoms with Crippen LogP contribution in [0, 0.1) is 0 Å². The maximum absolute atomic E-state index is 13.0. The van der Waals surface area contributed by atoms with Crippen LogP contribution in [0.1, 0.15) is 23.3 Å². The summed E-state index contributed by atoms with van der Waals surface area (Å²) in [6, 6.07) is 16.7. The van der Waals surface area contributed by atoms with Crippen LogP contribution in [0.15, 0.2) is 54.6 Å². The normalized spacial score (nSPS) is 14.9. The highest BCUT2D eigenvalue weighted by atomic mass is 35.5. The number of carbonyl (C=O) groups is 1. The van der Waals surface area contributed by atoms with Crippen LogP contribution in [0.3, 0.4) is 0 Å². The van der Waals surface area contributed by atoms with Gasteiger partial charge < -0.3 is 14.4 Å². The molecule has 0 saturated carbocycles. The quantitative estimate of drug-likeness (QED) is 0.647.